The van der Waals surface area contributed by atoms with Crippen LogP contribution in [0.1, 0.15) is 56.6 Å². The normalized spacial score (nSPS) is 20.5. The summed E-state index contributed by atoms with van der Waals surface area (Å²) in [6.45, 7) is 6.23. The van der Waals surface area contributed by atoms with Crippen LogP contribution in [0.4, 0.5) is 0 Å². The molecule has 2 aliphatic rings. The standard InChI is InChI=1S/C28H31NO4/c1-17(2)16-33-28(31)25-18(3)29-23-14-21(19-8-6-5-7-9-19)15-24(30)27(23)26(25)20-10-12-22(32-4)13-11-20/h5-13,17,21,26,29H,14-16H2,1-4H3/t21-,26+/m1/s1. The van der Waals surface area contributed by atoms with Crippen LogP contribution in [0.15, 0.2) is 77.1 Å². The number of dihydropyridines is 1. The van der Waals surface area contributed by atoms with Crippen molar-refractivity contribution >= 4 is 11.8 Å². The van der Waals surface area contributed by atoms with Gasteiger partial charge in [0.1, 0.15) is 5.75 Å². The number of allylic oxidation sites excluding steroid dienone is 3. The molecule has 5 nitrogen and oxygen atoms in total. The van der Waals surface area contributed by atoms with Crippen molar-refractivity contribution in [1.29, 1.82) is 0 Å². The van der Waals surface area contributed by atoms with Gasteiger partial charge in [0, 0.05) is 29.3 Å². The molecule has 0 saturated carbocycles. The molecule has 33 heavy (non-hydrogen) atoms. The predicted octanol–water partition coefficient (Wildman–Crippen LogP) is 5.26. The van der Waals surface area contributed by atoms with Crippen LogP contribution in [0.3, 0.4) is 0 Å². The Morgan fingerprint density at radius 1 is 1.03 bits per heavy atom. The number of nitrogens with one attached hydrogen (secondary N) is 1. The summed E-state index contributed by atoms with van der Waals surface area (Å²) in [5, 5.41) is 3.40. The van der Waals surface area contributed by atoms with Crippen molar-refractivity contribution in [2.45, 2.75) is 45.4 Å². The van der Waals surface area contributed by atoms with Crippen LogP contribution in [0.5, 0.6) is 5.75 Å². The lowest BCUT2D eigenvalue weighted by atomic mass is 9.72. The fraction of sp³-hybridized carbons (Fsp3) is 0.357. The van der Waals surface area contributed by atoms with Gasteiger partial charge >= 0.3 is 5.97 Å². The van der Waals surface area contributed by atoms with E-state index in [1.165, 1.54) is 0 Å². The van der Waals surface area contributed by atoms with E-state index in [9.17, 15) is 9.59 Å². The minimum Gasteiger partial charge on any atom is -0.497 e. The minimum absolute atomic E-state index is 0.0695. The van der Waals surface area contributed by atoms with E-state index < -0.39 is 5.92 Å². The molecule has 0 radical (unpaired) electrons. The third-order valence-electron chi connectivity index (χ3n) is 6.32. The van der Waals surface area contributed by atoms with Gasteiger partial charge in [-0.3, -0.25) is 4.79 Å². The van der Waals surface area contributed by atoms with E-state index in [1.54, 1.807) is 7.11 Å². The molecule has 0 fully saturated rings. The molecule has 5 heteroatoms. The molecule has 4 rings (SSSR count). The molecule has 1 N–H and O–H groups in total. The summed E-state index contributed by atoms with van der Waals surface area (Å²) in [5.41, 5.74) is 4.86. The average Bonchev–Trinajstić information content (AvgIpc) is 2.82. The number of hydrogen-bond donors (Lipinski definition) is 1. The van der Waals surface area contributed by atoms with Crippen molar-refractivity contribution in [3.8, 4) is 5.75 Å². The highest BCUT2D eigenvalue weighted by molar-refractivity contribution is 6.04. The second kappa shape index (κ2) is 9.65. The molecule has 2 aromatic carbocycles. The number of methoxy groups -OCH3 is 1. The fourth-order valence-corrected chi connectivity index (χ4v) is 4.72. The van der Waals surface area contributed by atoms with Crippen LogP contribution in [0.25, 0.3) is 0 Å². The smallest absolute Gasteiger partial charge is 0.336 e. The van der Waals surface area contributed by atoms with Crippen molar-refractivity contribution in [3.63, 3.8) is 0 Å². The molecule has 0 aromatic heterocycles. The van der Waals surface area contributed by atoms with Crippen LogP contribution in [0, 0.1) is 5.92 Å². The third kappa shape index (κ3) is 4.72. The minimum atomic E-state index is -0.462. The zero-order valence-corrected chi connectivity index (χ0v) is 19.7. The van der Waals surface area contributed by atoms with Gasteiger partial charge in [-0.05, 0) is 48.4 Å². The van der Waals surface area contributed by atoms with Crippen molar-refractivity contribution in [1.82, 2.24) is 5.32 Å². The highest BCUT2D eigenvalue weighted by Crippen LogP contribution is 2.45. The largest absolute Gasteiger partial charge is 0.497 e. The molecule has 0 bridgehead atoms. The molecule has 2 atom stereocenters. The predicted molar refractivity (Wildman–Crippen MR) is 128 cm³/mol. The number of benzene rings is 2. The van der Waals surface area contributed by atoms with Gasteiger partial charge < -0.3 is 14.8 Å². The maximum atomic E-state index is 13.6. The van der Waals surface area contributed by atoms with Gasteiger partial charge in [-0.25, -0.2) is 4.79 Å². The number of carbonyl (C=O) groups is 2. The second-order valence-electron chi connectivity index (χ2n) is 9.19. The Bertz CT molecular complexity index is 1100. The molecular formula is C28H31NO4. The highest BCUT2D eigenvalue weighted by Gasteiger charge is 2.41. The first kappa shape index (κ1) is 22.8. The number of Topliss-reactive ketones (excluding diaryl/α,β-unsaturated/α-hetero) is 1. The van der Waals surface area contributed by atoms with Crippen LogP contribution in [-0.4, -0.2) is 25.5 Å². The topological polar surface area (TPSA) is 64.6 Å². The molecule has 1 aliphatic carbocycles. The summed E-state index contributed by atoms with van der Waals surface area (Å²) in [5.74, 6) is 0.299. The number of rotatable bonds is 6. The Hall–Kier alpha value is -3.34. The van der Waals surface area contributed by atoms with Gasteiger partial charge in [0.05, 0.1) is 19.3 Å². The highest BCUT2D eigenvalue weighted by atomic mass is 16.5. The number of hydrogen-bond acceptors (Lipinski definition) is 5. The number of ketones is 1. The first-order valence-corrected chi connectivity index (χ1v) is 11.5. The first-order chi connectivity index (χ1) is 15.9. The van der Waals surface area contributed by atoms with Crippen molar-refractivity contribution in [2.24, 2.45) is 5.92 Å². The van der Waals surface area contributed by atoms with Crippen LogP contribution in [0.2, 0.25) is 0 Å². The summed E-state index contributed by atoms with van der Waals surface area (Å²) in [4.78, 5) is 26.8. The summed E-state index contributed by atoms with van der Waals surface area (Å²) in [6.07, 6.45) is 1.15. The molecule has 0 unspecified atom stereocenters. The molecule has 0 saturated heterocycles. The number of ether oxygens (including phenoxy) is 2. The fourth-order valence-electron chi connectivity index (χ4n) is 4.72. The number of esters is 1. The Balaban J connectivity index is 1.76. The molecule has 172 valence electrons. The Morgan fingerprint density at radius 2 is 1.73 bits per heavy atom. The summed E-state index contributed by atoms with van der Waals surface area (Å²) >= 11 is 0. The lowest BCUT2D eigenvalue weighted by Gasteiger charge is -2.36. The van der Waals surface area contributed by atoms with E-state index in [0.29, 0.717) is 24.2 Å². The Kier molecular flexibility index (Phi) is 6.68. The lowest BCUT2D eigenvalue weighted by molar-refractivity contribution is -0.140. The van der Waals surface area contributed by atoms with Crippen molar-refractivity contribution in [3.05, 3.63) is 88.3 Å². The maximum absolute atomic E-state index is 13.6. The second-order valence-corrected chi connectivity index (χ2v) is 9.19. The van der Waals surface area contributed by atoms with Crippen molar-refractivity contribution in [2.75, 3.05) is 13.7 Å². The molecular weight excluding hydrogens is 414 g/mol. The zero-order valence-electron chi connectivity index (χ0n) is 19.7. The summed E-state index contributed by atoms with van der Waals surface area (Å²) in [7, 11) is 1.62. The number of carbonyl (C=O) groups excluding carboxylic acids is 2. The van der Waals surface area contributed by atoms with E-state index in [2.05, 4.69) is 17.4 Å². The van der Waals surface area contributed by atoms with Gasteiger partial charge in [-0.15, -0.1) is 0 Å². The Morgan fingerprint density at radius 3 is 2.36 bits per heavy atom. The summed E-state index contributed by atoms with van der Waals surface area (Å²) in [6, 6.07) is 17.7. The van der Waals surface area contributed by atoms with Crippen LogP contribution >= 0.6 is 0 Å². The van der Waals surface area contributed by atoms with E-state index in [0.717, 1.165) is 34.7 Å². The van der Waals surface area contributed by atoms with Crippen molar-refractivity contribution < 1.29 is 19.1 Å². The van der Waals surface area contributed by atoms with Gasteiger partial charge in [-0.2, -0.15) is 0 Å². The third-order valence-corrected chi connectivity index (χ3v) is 6.32. The SMILES string of the molecule is COc1ccc([C@H]2C(C(=O)OCC(C)C)=C(C)NC3=C2C(=O)C[C@H](c2ccccc2)C3)cc1. The molecule has 1 heterocycles. The quantitative estimate of drug-likeness (QED) is 0.615. The molecule has 0 amide bonds. The van der Waals surface area contributed by atoms with E-state index in [4.69, 9.17) is 9.47 Å². The molecule has 2 aromatic rings. The van der Waals surface area contributed by atoms with E-state index >= 15 is 0 Å². The molecule has 1 aliphatic heterocycles. The van der Waals surface area contributed by atoms with Crippen LogP contribution < -0.4 is 10.1 Å². The lowest BCUT2D eigenvalue weighted by Crippen LogP contribution is -2.36. The van der Waals surface area contributed by atoms with Gasteiger partial charge in [0.15, 0.2) is 5.78 Å². The monoisotopic (exact) mass is 445 g/mol. The Labute approximate surface area is 195 Å². The zero-order chi connectivity index (χ0) is 23.5. The molecule has 0 spiro atoms. The van der Waals surface area contributed by atoms with Gasteiger partial charge in [0.25, 0.3) is 0 Å². The maximum Gasteiger partial charge on any atom is 0.336 e. The van der Waals surface area contributed by atoms with Gasteiger partial charge in [0.2, 0.25) is 0 Å². The first-order valence-electron chi connectivity index (χ1n) is 11.5. The average molecular weight is 446 g/mol. The van der Waals surface area contributed by atoms with E-state index in [-0.39, 0.29) is 23.6 Å². The van der Waals surface area contributed by atoms with E-state index in [1.807, 2.05) is 63.2 Å². The van der Waals surface area contributed by atoms with Crippen LogP contribution in [-0.2, 0) is 14.3 Å². The summed E-state index contributed by atoms with van der Waals surface area (Å²) < 4.78 is 10.9. The van der Waals surface area contributed by atoms with Gasteiger partial charge in [-0.1, -0.05) is 56.3 Å².